The van der Waals surface area contributed by atoms with Crippen LogP contribution in [0.25, 0.3) is 0 Å². The van der Waals surface area contributed by atoms with Gasteiger partial charge in [0.25, 0.3) is 5.24 Å². The van der Waals surface area contributed by atoms with Crippen molar-refractivity contribution < 1.29 is 19.1 Å². The van der Waals surface area contributed by atoms with Crippen LogP contribution in [0, 0.1) is 0 Å². The molecule has 3 saturated heterocycles. The van der Waals surface area contributed by atoms with Crippen LogP contribution in [-0.2, 0) is 20.7 Å². The lowest BCUT2D eigenvalue weighted by atomic mass is 10.0. The number of thioether (sulfide) groups is 1. The van der Waals surface area contributed by atoms with Gasteiger partial charge in [0.1, 0.15) is 0 Å². The Morgan fingerprint density at radius 3 is 2.38 bits per heavy atom. The Bertz CT molecular complexity index is 632. The number of imide groups is 1. The third-order valence-corrected chi connectivity index (χ3v) is 5.81. The highest BCUT2D eigenvalue weighted by atomic mass is 32.2. The van der Waals surface area contributed by atoms with Crippen LogP contribution in [0.15, 0.2) is 24.3 Å². The molecule has 1 N–H and O–H groups in total. The molecule has 1 spiro atoms. The van der Waals surface area contributed by atoms with Gasteiger partial charge in [0, 0.05) is 31.6 Å². The fourth-order valence-electron chi connectivity index (χ4n) is 3.48. The molecule has 1 unspecified atom stereocenters. The van der Waals surface area contributed by atoms with E-state index in [1.54, 1.807) is 0 Å². The van der Waals surface area contributed by atoms with E-state index >= 15 is 0 Å². The van der Waals surface area contributed by atoms with Crippen LogP contribution in [0.4, 0.5) is 10.5 Å². The molecule has 0 bridgehead atoms. The van der Waals surface area contributed by atoms with Gasteiger partial charge in [-0.2, -0.15) is 0 Å². The highest BCUT2D eigenvalue weighted by Crippen LogP contribution is 2.33. The second-order valence-corrected chi connectivity index (χ2v) is 7.52. The van der Waals surface area contributed by atoms with Crippen molar-refractivity contribution in [2.45, 2.75) is 30.3 Å². The molecule has 3 aliphatic heterocycles. The summed E-state index contributed by atoms with van der Waals surface area (Å²) in [5, 5.41) is 1.77. The third-order valence-electron chi connectivity index (χ3n) is 4.83. The molecular formula is C17H20N2O4S. The van der Waals surface area contributed by atoms with Gasteiger partial charge in [-0.15, -0.1) is 0 Å². The number of nitrogens with zero attached hydrogens (tertiary/aromatic N) is 1. The van der Waals surface area contributed by atoms with Crippen molar-refractivity contribution in [2.24, 2.45) is 0 Å². The standard InChI is InChI=1S/C17H20N2O4S/c20-15-14(24-16(21)18-15)11-12-1-3-13(4-2-12)19-7-5-17(6-8-19)22-9-10-23-17/h1-4,14H,5-11H2,(H,18,20,21). The number of benzene rings is 1. The fraction of sp³-hybridized carbons (Fsp3) is 0.529. The molecule has 0 aromatic heterocycles. The van der Waals surface area contributed by atoms with E-state index < -0.39 is 0 Å². The summed E-state index contributed by atoms with van der Waals surface area (Å²) in [7, 11) is 0. The Morgan fingerprint density at radius 1 is 1.12 bits per heavy atom. The van der Waals surface area contributed by atoms with E-state index in [2.05, 4.69) is 22.3 Å². The van der Waals surface area contributed by atoms with Gasteiger partial charge in [-0.3, -0.25) is 14.9 Å². The summed E-state index contributed by atoms with van der Waals surface area (Å²) in [6.45, 7) is 3.22. The first kappa shape index (κ1) is 15.9. The number of rotatable bonds is 3. The van der Waals surface area contributed by atoms with Crippen molar-refractivity contribution in [3.63, 3.8) is 0 Å². The smallest absolute Gasteiger partial charge is 0.286 e. The first-order chi connectivity index (χ1) is 11.6. The fourth-order valence-corrected chi connectivity index (χ4v) is 4.34. The molecular weight excluding hydrogens is 328 g/mol. The topological polar surface area (TPSA) is 67.9 Å². The maximum atomic E-state index is 11.6. The molecule has 6 nitrogen and oxygen atoms in total. The molecule has 2 amide bonds. The molecule has 7 heteroatoms. The Kier molecular flexibility index (Phi) is 4.24. The molecule has 4 rings (SSSR count). The predicted octanol–water partition coefficient (Wildman–Crippen LogP) is 1.92. The van der Waals surface area contributed by atoms with Crippen molar-refractivity contribution in [3.8, 4) is 0 Å². The van der Waals surface area contributed by atoms with Crippen molar-refractivity contribution >= 4 is 28.6 Å². The summed E-state index contributed by atoms with van der Waals surface area (Å²) in [6.07, 6.45) is 2.35. The molecule has 128 valence electrons. The Labute approximate surface area is 144 Å². The number of carbonyl (C=O) groups is 2. The summed E-state index contributed by atoms with van der Waals surface area (Å²) < 4.78 is 11.5. The van der Waals surface area contributed by atoms with Gasteiger partial charge < -0.3 is 14.4 Å². The predicted molar refractivity (Wildman–Crippen MR) is 91.1 cm³/mol. The van der Waals surface area contributed by atoms with Gasteiger partial charge in [-0.05, 0) is 24.1 Å². The molecule has 24 heavy (non-hydrogen) atoms. The number of anilines is 1. The highest BCUT2D eigenvalue weighted by molar-refractivity contribution is 8.15. The highest BCUT2D eigenvalue weighted by Gasteiger charge is 2.39. The van der Waals surface area contributed by atoms with Crippen molar-refractivity contribution in [3.05, 3.63) is 29.8 Å². The van der Waals surface area contributed by atoms with Gasteiger partial charge in [0.2, 0.25) is 5.91 Å². The zero-order valence-corrected chi connectivity index (χ0v) is 14.1. The van der Waals surface area contributed by atoms with E-state index in [-0.39, 0.29) is 22.2 Å². The van der Waals surface area contributed by atoms with Gasteiger partial charge in [0.05, 0.1) is 18.5 Å². The van der Waals surface area contributed by atoms with Crippen LogP contribution in [0.1, 0.15) is 18.4 Å². The van der Waals surface area contributed by atoms with Gasteiger partial charge in [-0.25, -0.2) is 0 Å². The molecule has 3 heterocycles. The van der Waals surface area contributed by atoms with E-state index in [1.807, 2.05) is 12.1 Å². The van der Waals surface area contributed by atoms with Crippen LogP contribution in [0.2, 0.25) is 0 Å². The summed E-state index contributed by atoms with van der Waals surface area (Å²) in [6, 6.07) is 8.25. The lowest BCUT2D eigenvalue weighted by molar-refractivity contribution is -0.169. The molecule has 1 atom stereocenters. The van der Waals surface area contributed by atoms with Crippen LogP contribution < -0.4 is 10.2 Å². The number of nitrogens with one attached hydrogen (secondary N) is 1. The first-order valence-electron chi connectivity index (χ1n) is 8.27. The van der Waals surface area contributed by atoms with E-state index in [1.165, 1.54) is 5.69 Å². The van der Waals surface area contributed by atoms with Crippen LogP contribution in [0.3, 0.4) is 0 Å². The summed E-state index contributed by atoms with van der Waals surface area (Å²) >= 11 is 1.07. The summed E-state index contributed by atoms with van der Waals surface area (Å²) in [5.41, 5.74) is 2.24. The SMILES string of the molecule is O=C1NC(=O)C(Cc2ccc(N3CCC4(CC3)OCCO4)cc2)S1. The molecule has 3 fully saturated rings. The number of amides is 2. The number of hydrogen-bond donors (Lipinski definition) is 1. The quantitative estimate of drug-likeness (QED) is 0.900. The average Bonchev–Trinajstić information content (AvgIpc) is 3.16. The Balaban J connectivity index is 1.36. The largest absolute Gasteiger partial charge is 0.371 e. The van der Waals surface area contributed by atoms with E-state index in [0.29, 0.717) is 19.6 Å². The summed E-state index contributed by atoms with van der Waals surface area (Å²) in [4.78, 5) is 25.2. The average molecular weight is 348 g/mol. The minimum atomic E-state index is -0.351. The molecule has 0 aliphatic carbocycles. The summed E-state index contributed by atoms with van der Waals surface area (Å²) in [5.74, 6) is -0.539. The molecule has 3 aliphatic rings. The maximum Gasteiger partial charge on any atom is 0.286 e. The van der Waals surface area contributed by atoms with Gasteiger partial charge >= 0.3 is 0 Å². The van der Waals surface area contributed by atoms with Crippen LogP contribution in [-0.4, -0.2) is 48.5 Å². The number of piperidine rings is 1. The monoisotopic (exact) mass is 348 g/mol. The van der Waals surface area contributed by atoms with Gasteiger partial charge in [0.15, 0.2) is 5.79 Å². The molecule has 1 aromatic carbocycles. The van der Waals surface area contributed by atoms with Crippen LogP contribution >= 0.6 is 11.8 Å². The van der Waals surface area contributed by atoms with Gasteiger partial charge in [-0.1, -0.05) is 23.9 Å². The van der Waals surface area contributed by atoms with E-state index in [4.69, 9.17) is 9.47 Å². The normalized spacial score (nSPS) is 26.2. The molecule has 0 radical (unpaired) electrons. The molecule has 0 saturated carbocycles. The van der Waals surface area contributed by atoms with Crippen molar-refractivity contribution in [1.82, 2.24) is 5.32 Å². The first-order valence-corrected chi connectivity index (χ1v) is 9.15. The number of ether oxygens (including phenoxy) is 2. The minimum absolute atomic E-state index is 0.188. The number of hydrogen-bond acceptors (Lipinski definition) is 6. The number of carbonyl (C=O) groups excluding carboxylic acids is 2. The Morgan fingerprint density at radius 2 is 1.79 bits per heavy atom. The van der Waals surface area contributed by atoms with Crippen LogP contribution in [0.5, 0.6) is 0 Å². The second kappa shape index (κ2) is 6.38. The van der Waals surface area contributed by atoms with E-state index in [0.717, 1.165) is 43.3 Å². The molecule has 1 aromatic rings. The zero-order valence-electron chi connectivity index (χ0n) is 13.3. The minimum Gasteiger partial charge on any atom is -0.371 e. The lowest BCUT2D eigenvalue weighted by Gasteiger charge is -2.38. The second-order valence-electron chi connectivity index (χ2n) is 6.35. The third kappa shape index (κ3) is 3.16. The van der Waals surface area contributed by atoms with Crippen molar-refractivity contribution in [1.29, 1.82) is 0 Å². The zero-order chi connectivity index (χ0) is 16.6. The van der Waals surface area contributed by atoms with Crippen molar-refractivity contribution in [2.75, 3.05) is 31.2 Å². The Hall–Kier alpha value is -1.57. The van der Waals surface area contributed by atoms with E-state index in [9.17, 15) is 9.59 Å². The maximum absolute atomic E-state index is 11.6. The lowest BCUT2D eigenvalue weighted by Crippen LogP contribution is -2.45.